The van der Waals surface area contributed by atoms with E-state index in [4.69, 9.17) is 0 Å². The normalized spacial score (nSPS) is 24.9. The van der Waals surface area contributed by atoms with Gasteiger partial charge in [-0.25, -0.2) is 0 Å². The summed E-state index contributed by atoms with van der Waals surface area (Å²) in [4.78, 5) is 11.9. The Hall–Kier alpha value is -0.220. The molecular weight excluding hydrogens is 220 g/mol. The van der Waals surface area contributed by atoms with Gasteiger partial charge in [0.2, 0.25) is 5.91 Å². The highest BCUT2D eigenvalue weighted by molar-refractivity contribution is 8.00. The number of rotatable bonds is 5. The zero-order valence-corrected chi connectivity index (χ0v) is 11.5. The van der Waals surface area contributed by atoms with E-state index < -0.39 is 0 Å². The second-order valence-electron chi connectivity index (χ2n) is 4.84. The third-order valence-electron chi connectivity index (χ3n) is 2.96. The van der Waals surface area contributed by atoms with Crippen LogP contribution >= 0.6 is 11.8 Å². The molecule has 1 fully saturated rings. The van der Waals surface area contributed by atoms with E-state index in [1.165, 1.54) is 12.8 Å². The number of carbonyl (C=O) groups excluding carboxylic acids is 1. The molecule has 1 unspecified atom stereocenters. The maximum atomic E-state index is 11.9. The molecule has 1 aliphatic rings. The van der Waals surface area contributed by atoms with Crippen molar-refractivity contribution < 1.29 is 4.79 Å². The molecule has 2 N–H and O–H groups in total. The number of amides is 1. The van der Waals surface area contributed by atoms with Crippen LogP contribution in [0.15, 0.2) is 0 Å². The molecule has 0 radical (unpaired) electrons. The van der Waals surface area contributed by atoms with Gasteiger partial charge in [-0.3, -0.25) is 4.79 Å². The Morgan fingerprint density at radius 2 is 2.25 bits per heavy atom. The summed E-state index contributed by atoms with van der Waals surface area (Å²) in [6.45, 7) is 8.23. The standard InChI is InChI=1S/C12H24N2OS/c1-4-5-6-7-13-10-11(15)14-8-9-16-12(10,2)3/h10,13H,4-9H2,1-3H3,(H,14,15). The second-order valence-corrected chi connectivity index (χ2v) is 6.59. The first kappa shape index (κ1) is 13.8. The minimum atomic E-state index is -0.0585. The first-order chi connectivity index (χ1) is 7.58. The lowest BCUT2D eigenvalue weighted by Gasteiger charge is -2.31. The van der Waals surface area contributed by atoms with Crippen molar-refractivity contribution in [1.82, 2.24) is 10.6 Å². The van der Waals surface area contributed by atoms with Gasteiger partial charge in [-0.15, -0.1) is 0 Å². The number of thioether (sulfide) groups is 1. The number of hydrogen-bond acceptors (Lipinski definition) is 3. The lowest BCUT2D eigenvalue weighted by atomic mass is 10.0. The maximum absolute atomic E-state index is 11.9. The molecule has 1 heterocycles. The fourth-order valence-electron chi connectivity index (χ4n) is 1.95. The van der Waals surface area contributed by atoms with E-state index in [9.17, 15) is 4.79 Å². The first-order valence-electron chi connectivity index (χ1n) is 6.23. The molecule has 0 spiro atoms. The third kappa shape index (κ3) is 3.98. The van der Waals surface area contributed by atoms with Crippen LogP contribution in [0, 0.1) is 0 Å². The Labute approximate surface area is 103 Å². The minimum absolute atomic E-state index is 0.00714. The SMILES string of the molecule is CCCCCNC1C(=O)NCCSC1(C)C. The molecule has 94 valence electrons. The quantitative estimate of drug-likeness (QED) is 0.724. The summed E-state index contributed by atoms with van der Waals surface area (Å²) in [6.07, 6.45) is 3.60. The second kappa shape index (κ2) is 6.50. The van der Waals surface area contributed by atoms with Crippen LogP contribution in [0.2, 0.25) is 0 Å². The van der Waals surface area contributed by atoms with E-state index in [2.05, 4.69) is 31.4 Å². The van der Waals surface area contributed by atoms with Gasteiger partial charge in [0.15, 0.2) is 0 Å². The summed E-state index contributed by atoms with van der Waals surface area (Å²) >= 11 is 1.87. The molecule has 0 saturated carbocycles. The van der Waals surface area contributed by atoms with Crippen LogP contribution in [-0.2, 0) is 4.79 Å². The zero-order chi connectivity index (χ0) is 12.0. The Morgan fingerprint density at radius 1 is 1.50 bits per heavy atom. The zero-order valence-electron chi connectivity index (χ0n) is 10.6. The number of hydrogen-bond donors (Lipinski definition) is 2. The molecule has 0 aromatic heterocycles. The van der Waals surface area contributed by atoms with Gasteiger partial charge in [0.1, 0.15) is 6.04 Å². The molecule has 3 nitrogen and oxygen atoms in total. The van der Waals surface area contributed by atoms with Crippen molar-refractivity contribution in [2.45, 2.75) is 50.8 Å². The highest BCUT2D eigenvalue weighted by Gasteiger charge is 2.36. The summed E-state index contributed by atoms with van der Waals surface area (Å²) in [6, 6.07) is -0.0585. The van der Waals surface area contributed by atoms with E-state index in [0.717, 1.165) is 25.3 Å². The van der Waals surface area contributed by atoms with Gasteiger partial charge >= 0.3 is 0 Å². The van der Waals surface area contributed by atoms with E-state index in [1.54, 1.807) is 0 Å². The first-order valence-corrected chi connectivity index (χ1v) is 7.21. The Kier molecular flexibility index (Phi) is 5.62. The smallest absolute Gasteiger partial charge is 0.238 e. The van der Waals surface area contributed by atoms with Crippen molar-refractivity contribution >= 4 is 17.7 Å². The molecule has 1 amide bonds. The molecule has 1 atom stereocenters. The molecule has 0 bridgehead atoms. The summed E-state index contributed by atoms with van der Waals surface area (Å²) in [5.74, 6) is 1.16. The monoisotopic (exact) mass is 244 g/mol. The van der Waals surface area contributed by atoms with E-state index >= 15 is 0 Å². The van der Waals surface area contributed by atoms with E-state index in [0.29, 0.717) is 0 Å². The molecule has 1 aliphatic heterocycles. The van der Waals surface area contributed by atoms with Gasteiger partial charge in [0, 0.05) is 17.0 Å². The van der Waals surface area contributed by atoms with Gasteiger partial charge in [-0.05, 0) is 26.8 Å². The van der Waals surface area contributed by atoms with Crippen LogP contribution in [0.25, 0.3) is 0 Å². The summed E-state index contributed by atoms with van der Waals surface area (Å²) in [5.41, 5.74) is 0. The highest BCUT2D eigenvalue weighted by Crippen LogP contribution is 2.29. The Balaban J connectivity index is 2.47. The number of unbranched alkanes of at least 4 members (excludes halogenated alkanes) is 2. The van der Waals surface area contributed by atoms with Crippen LogP contribution in [-0.4, -0.2) is 35.5 Å². The maximum Gasteiger partial charge on any atom is 0.238 e. The average molecular weight is 244 g/mol. The molecule has 4 heteroatoms. The van der Waals surface area contributed by atoms with Gasteiger partial charge in [-0.2, -0.15) is 11.8 Å². The summed E-state index contributed by atoms with van der Waals surface area (Å²) in [5, 5.41) is 6.37. The molecule has 0 aromatic carbocycles. The van der Waals surface area contributed by atoms with E-state index in [-0.39, 0.29) is 16.7 Å². The molecule has 1 rings (SSSR count). The van der Waals surface area contributed by atoms with Crippen molar-refractivity contribution in [3.8, 4) is 0 Å². The molecule has 1 saturated heterocycles. The highest BCUT2D eigenvalue weighted by atomic mass is 32.2. The van der Waals surface area contributed by atoms with Crippen molar-refractivity contribution in [2.75, 3.05) is 18.8 Å². The third-order valence-corrected chi connectivity index (χ3v) is 4.35. The fourth-order valence-corrected chi connectivity index (χ4v) is 3.04. The van der Waals surface area contributed by atoms with Crippen LogP contribution in [0.3, 0.4) is 0 Å². The van der Waals surface area contributed by atoms with Crippen LogP contribution in [0.4, 0.5) is 0 Å². The van der Waals surface area contributed by atoms with E-state index in [1.807, 2.05) is 11.8 Å². The number of nitrogens with one attached hydrogen (secondary N) is 2. The average Bonchev–Trinajstić information content (AvgIpc) is 2.35. The van der Waals surface area contributed by atoms with Crippen LogP contribution in [0.5, 0.6) is 0 Å². The summed E-state index contributed by atoms with van der Waals surface area (Å²) < 4.78 is -0.00714. The van der Waals surface area contributed by atoms with Crippen molar-refractivity contribution in [3.63, 3.8) is 0 Å². The molecule has 0 aromatic rings. The summed E-state index contributed by atoms with van der Waals surface area (Å²) in [7, 11) is 0. The van der Waals surface area contributed by atoms with Gasteiger partial charge in [0.05, 0.1) is 0 Å². The van der Waals surface area contributed by atoms with Gasteiger partial charge < -0.3 is 10.6 Å². The van der Waals surface area contributed by atoms with Gasteiger partial charge in [0.25, 0.3) is 0 Å². The Bertz CT molecular complexity index is 231. The van der Waals surface area contributed by atoms with Crippen molar-refractivity contribution in [2.24, 2.45) is 0 Å². The van der Waals surface area contributed by atoms with Crippen LogP contribution in [0.1, 0.15) is 40.0 Å². The Morgan fingerprint density at radius 3 is 2.94 bits per heavy atom. The molecular formula is C12H24N2OS. The van der Waals surface area contributed by atoms with Crippen LogP contribution < -0.4 is 10.6 Å². The number of carbonyl (C=O) groups is 1. The lowest BCUT2D eigenvalue weighted by Crippen LogP contribution is -2.53. The molecule has 0 aliphatic carbocycles. The predicted molar refractivity (Wildman–Crippen MR) is 70.9 cm³/mol. The molecule has 16 heavy (non-hydrogen) atoms. The van der Waals surface area contributed by atoms with Crippen molar-refractivity contribution in [3.05, 3.63) is 0 Å². The lowest BCUT2D eigenvalue weighted by molar-refractivity contribution is -0.123. The minimum Gasteiger partial charge on any atom is -0.354 e. The van der Waals surface area contributed by atoms with Gasteiger partial charge in [-0.1, -0.05) is 19.8 Å². The topological polar surface area (TPSA) is 41.1 Å². The van der Waals surface area contributed by atoms with Crippen molar-refractivity contribution in [1.29, 1.82) is 0 Å². The predicted octanol–water partition coefficient (Wildman–Crippen LogP) is 1.78. The fraction of sp³-hybridized carbons (Fsp3) is 0.917. The largest absolute Gasteiger partial charge is 0.354 e.